The Hall–Kier alpha value is -0.0400. The van der Waals surface area contributed by atoms with E-state index < -0.39 is 0 Å². The van der Waals surface area contributed by atoms with Gasteiger partial charge < -0.3 is 5.32 Å². The number of nitrogens with one attached hydrogen (secondary N) is 1. The Balaban J connectivity index is 2.46. The van der Waals surface area contributed by atoms with Gasteiger partial charge in [-0.15, -0.1) is 0 Å². The van der Waals surface area contributed by atoms with Crippen molar-refractivity contribution in [2.24, 2.45) is 11.8 Å². The molecule has 0 spiro atoms. The van der Waals surface area contributed by atoms with Gasteiger partial charge in [0.25, 0.3) is 0 Å². The molecule has 1 heteroatoms. The molecule has 0 aliphatic heterocycles. The van der Waals surface area contributed by atoms with Gasteiger partial charge in [-0.3, -0.25) is 0 Å². The molecule has 1 nitrogen and oxygen atoms in total. The monoisotopic (exact) mass is 211 g/mol. The molecule has 1 rings (SSSR count). The second-order valence-electron chi connectivity index (χ2n) is 5.43. The van der Waals surface area contributed by atoms with Crippen LogP contribution in [-0.2, 0) is 0 Å². The first-order valence-corrected chi connectivity index (χ1v) is 6.99. The van der Waals surface area contributed by atoms with E-state index in [-0.39, 0.29) is 0 Å². The highest BCUT2D eigenvalue weighted by Gasteiger charge is 2.23. The first kappa shape index (κ1) is 13.0. The second kappa shape index (κ2) is 7.27. The van der Waals surface area contributed by atoms with Crippen LogP contribution in [0, 0.1) is 11.8 Å². The summed E-state index contributed by atoms with van der Waals surface area (Å²) in [5.41, 5.74) is 0. The van der Waals surface area contributed by atoms with Crippen LogP contribution in [0.2, 0.25) is 0 Å². The lowest BCUT2D eigenvalue weighted by molar-refractivity contribution is 0.239. The van der Waals surface area contributed by atoms with E-state index in [0.29, 0.717) is 0 Å². The van der Waals surface area contributed by atoms with Crippen molar-refractivity contribution in [3.8, 4) is 0 Å². The van der Waals surface area contributed by atoms with Crippen LogP contribution in [0.25, 0.3) is 0 Å². The van der Waals surface area contributed by atoms with E-state index in [1.165, 1.54) is 44.9 Å². The molecular formula is C14H29N. The zero-order valence-electron chi connectivity index (χ0n) is 10.9. The topological polar surface area (TPSA) is 12.0 Å². The van der Waals surface area contributed by atoms with Gasteiger partial charge in [-0.25, -0.2) is 0 Å². The molecule has 1 N–H and O–H groups in total. The molecule has 0 saturated heterocycles. The molecule has 1 aliphatic carbocycles. The van der Waals surface area contributed by atoms with Gasteiger partial charge in [-0.05, 0) is 31.2 Å². The van der Waals surface area contributed by atoms with Crippen molar-refractivity contribution >= 4 is 0 Å². The smallest absolute Gasteiger partial charge is 0.0118 e. The quantitative estimate of drug-likeness (QED) is 0.741. The highest BCUT2D eigenvalue weighted by atomic mass is 14.9. The Morgan fingerprint density at radius 3 is 2.00 bits per heavy atom. The average molecular weight is 211 g/mol. The summed E-state index contributed by atoms with van der Waals surface area (Å²) >= 11 is 0. The van der Waals surface area contributed by atoms with Gasteiger partial charge in [0.15, 0.2) is 0 Å². The van der Waals surface area contributed by atoms with E-state index in [4.69, 9.17) is 0 Å². The molecule has 0 heterocycles. The molecule has 1 saturated carbocycles. The lowest BCUT2D eigenvalue weighted by Crippen LogP contribution is -2.40. The van der Waals surface area contributed by atoms with Crippen LogP contribution in [0.5, 0.6) is 0 Å². The third kappa shape index (κ3) is 4.55. The minimum absolute atomic E-state index is 0.758. The summed E-state index contributed by atoms with van der Waals surface area (Å²) in [6, 6.07) is 0.758. The molecular weight excluding hydrogens is 182 g/mol. The van der Waals surface area contributed by atoms with Gasteiger partial charge in [0.05, 0.1) is 0 Å². The second-order valence-corrected chi connectivity index (χ2v) is 5.43. The average Bonchev–Trinajstić information content (AvgIpc) is 2.14. The Bertz CT molecular complexity index is 145. The summed E-state index contributed by atoms with van der Waals surface area (Å²) in [7, 11) is 0. The third-order valence-corrected chi connectivity index (χ3v) is 3.82. The Labute approximate surface area is 96.0 Å². The number of rotatable bonds is 4. The van der Waals surface area contributed by atoms with E-state index in [1.54, 1.807) is 0 Å². The minimum atomic E-state index is 0.758. The molecule has 0 amide bonds. The zero-order chi connectivity index (χ0) is 11.1. The molecule has 1 unspecified atom stereocenters. The lowest BCUT2D eigenvalue weighted by Gasteiger charge is -2.32. The number of hydrogen-bond acceptors (Lipinski definition) is 1. The normalized spacial score (nSPS) is 22.4. The van der Waals surface area contributed by atoms with E-state index in [0.717, 1.165) is 24.4 Å². The molecule has 0 aromatic carbocycles. The first-order chi connectivity index (χ1) is 7.25. The molecule has 0 aromatic heterocycles. The maximum atomic E-state index is 3.70. The molecule has 0 aromatic rings. The highest BCUT2D eigenvalue weighted by molar-refractivity contribution is 4.80. The van der Waals surface area contributed by atoms with Crippen LogP contribution in [0.3, 0.4) is 0 Å². The van der Waals surface area contributed by atoms with Gasteiger partial charge in [0, 0.05) is 6.04 Å². The Morgan fingerprint density at radius 2 is 1.53 bits per heavy atom. The maximum absolute atomic E-state index is 3.70. The number of hydrogen-bond donors (Lipinski definition) is 1. The van der Waals surface area contributed by atoms with Gasteiger partial charge in [0.2, 0.25) is 0 Å². The summed E-state index contributed by atoms with van der Waals surface area (Å²) in [6.07, 6.45) is 10.2. The molecule has 1 aliphatic rings. The van der Waals surface area contributed by atoms with Gasteiger partial charge in [-0.1, -0.05) is 52.9 Å². The van der Waals surface area contributed by atoms with E-state index in [9.17, 15) is 0 Å². The van der Waals surface area contributed by atoms with Crippen molar-refractivity contribution in [1.29, 1.82) is 0 Å². The van der Waals surface area contributed by atoms with Crippen molar-refractivity contribution in [3.05, 3.63) is 0 Å². The summed E-state index contributed by atoms with van der Waals surface area (Å²) in [4.78, 5) is 0. The Morgan fingerprint density at radius 1 is 1.00 bits per heavy atom. The molecule has 0 radical (unpaired) electrons. The van der Waals surface area contributed by atoms with E-state index >= 15 is 0 Å². The largest absolute Gasteiger partial charge is 0.314 e. The zero-order valence-corrected chi connectivity index (χ0v) is 10.9. The van der Waals surface area contributed by atoms with Crippen LogP contribution >= 0.6 is 0 Å². The van der Waals surface area contributed by atoms with E-state index in [1.807, 2.05) is 0 Å². The molecule has 1 fully saturated rings. The molecule has 1 atom stereocenters. The van der Waals surface area contributed by atoms with Gasteiger partial charge in [0.1, 0.15) is 0 Å². The lowest BCUT2D eigenvalue weighted by atomic mass is 9.81. The standard InChI is InChI=1S/C14H29N/c1-4-15-14(12(2)3)13-10-8-6-5-7-9-11-13/h12-15H,4-11H2,1-3H3. The van der Waals surface area contributed by atoms with Crippen molar-refractivity contribution in [1.82, 2.24) is 5.32 Å². The van der Waals surface area contributed by atoms with Crippen molar-refractivity contribution < 1.29 is 0 Å². The van der Waals surface area contributed by atoms with Crippen molar-refractivity contribution in [3.63, 3.8) is 0 Å². The molecule has 90 valence electrons. The van der Waals surface area contributed by atoms with Crippen molar-refractivity contribution in [2.45, 2.75) is 71.8 Å². The first-order valence-electron chi connectivity index (χ1n) is 6.99. The Kier molecular flexibility index (Phi) is 6.31. The predicted octanol–water partition coefficient (Wildman–Crippen LogP) is 3.98. The SMILES string of the molecule is CCNC(C(C)C)C1CCCCCCC1. The van der Waals surface area contributed by atoms with Gasteiger partial charge >= 0.3 is 0 Å². The fourth-order valence-corrected chi connectivity index (χ4v) is 3.03. The van der Waals surface area contributed by atoms with Crippen LogP contribution in [-0.4, -0.2) is 12.6 Å². The predicted molar refractivity (Wildman–Crippen MR) is 68.1 cm³/mol. The van der Waals surface area contributed by atoms with Crippen LogP contribution in [0.1, 0.15) is 65.7 Å². The minimum Gasteiger partial charge on any atom is -0.314 e. The fourth-order valence-electron chi connectivity index (χ4n) is 3.03. The molecule has 0 bridgehead atoms. The summed E-state index contributed by atoms with van der Waals surface area (Å²) in [5.74, 6) is 1.72. The van der Waals surface area contributed by atoms with E-state index in [2.05, 4.69) is 26.1 Å². The fraction of sp³-hybridized carbons (Fsp3) is 1.00. The van der Waals surface area contributed by atoms with Gasteiger partial charge in [-0.2, -0.15) is 0 Å². The third-order valence-electron chi connectivity index (χ3n) is 3.82. The van der Waals surface area contributed by atoms with Crippen LogP contribution < -0.4 is 5.32 Å². The summed E-state index contributed by atoms with van der Waals surface area (Å²) in [5, 5.41) is 3.70. The van der Waals surface area contributed by atoms with Crippen LogP contribution in [0.4, 0.5) is 0 Å². The highest BCUT2D eigenvalue weighted by Crippen LogP contribution is 2.27. The molecule has 15 heavy (non-hydrogen) atoms. The van der Waals surface area contributed by atoms with Crippen LogP contribution in [0.15, 0.2) is 0 Å². The summed E-state index contributed by atoms with van der Waals surface area (Å²) in [6.45, 7) is 8.09. The maximum Gasteiger partial charge on any atom is 0.0118 e. The van der Waals surface area contributed by atoms with Crippen molar-refractivity contribution in [2.75, 3.05) is 6.54 Å². The summed E-state index contributed by atoms with van der Waals surface area (Å²) < 4.78 is 0.